The zero-order chi connectivity index (χ0) is 17.6. The lowest BCUT2D eigenvalue weighted by atomic mass is 10.0. The maximum absolute atomic E-state index is 3.53. The Labute approximate surface area is 160 Å². The summed E-state index contributed by atoms with van der Waals surface area (Å²) in [7, 11) is 0. The quantitative estimate of drug-likeness (QED) is 0.645. The molecule has 0 unspecified atom stereocenters. The molecule has 26 heavy (non-hydrogen) atoms. The average Bonchev–Trinajstić information content (AvgIpc) is 2.74. The largest absolute Gasteiger partial charge is 0.381 e. The van der Waals surface area contributed by atoms with Gasteiger partial charge in [0.25, 0.3) is 0 Å². The Morgan fingerprint density at radius 1 is 0.731 bits per heavy atom. The summed E-state index contributed by atoms with van der Waals surface area (Å²) in [6.07, 6.45) is 0. The van der Waals surface area contributed by atoms with Gasteiger partial charge in [-0.2, -0.15) is 11.8 Å². The van der Waals surface area contributed by atoms with Crippen LogP contribution in [-0.2, 0) is 6.54 Å². The molecule has 4 rings (SSSR count). The summed E-state index contributed by atoms with van der Waals surface area (Å²) in [6.45, 7) is 3.16. The molecule has 1 fully saturated rings. The Morgan fingerprint density at radius 3 is 2.08 bits per heavy atom. The van der Waals surface area contributed by atoms with Gasteiger partial charge in [-0.15, -0.1) is 0 Å². The van der Waals surface area contributed by atoms with Crippen LogP contribution in [0.4, 0.5) is 11.4 Å². The summed E-state index contributed by atoms with van der Waals surface area (Å²) in [6, 6.07) is 28.2. The van der Waals surface area contributed by atoms with E-state index in [1.165, 1.54) is 39.6 Å². The summed E-state index contributed by atoms with van der Waals surface area (Å²) in [4.78, 5) is 2.47. The Morgan fingerprint density at radius 2 is 1.38 bits per heavy atom. The summed E-state index contributed by atoms with van der Waals surface area (Å²) in [5.41, 5.74) is 6.33. The van der Waals surface area contributed by atoms with Crippen molar-refractivity contribution in [2.75, 3.05) is 34.8 Å². The molecule has 0 amide bonds. The summed E-state index contributed by atoms with van der Waals surface area (Å²) in [5, 5.41) is 3.53. The number of rotatable bonds is 5. The number of hydrogen-bond donors (Lipinski definition) is 1. The molecule has 3 heteroatoms. The molecule has 0 atom stereocenters. The SMILES string of the molecule is c1ccc(-c2ccc(CNc3ccc(N4CCSCC4)cc3)cc2)cc1. The van der Waals surface area contributed by atoms with Crippen LogP contribution >= 0.6 is 11.8 Å². The van der Waals surface area contributed by atoms with Crippen LogP contribution in [-0.4, -0.2) is 24.6 Å². The first-order valence-electron chi connectivity index (χ1n) is 9.19. The van der Waals surface area contributed by atoms with Gasteiger partial charge in [0.1, 0.15) is 0 Å². The molecule has 1 aliphatic rings. The van der Waals surface area contributed by atoms with Gasteiger partial charge in [0.05, 0.1) is 0 Å². The lowest BCUT2D eigenvalue weighted by Crippen LogP contribution is -2.32. The van der Waals surface area contributed by atoms with E-state index in [9.17, 15) is 0 Å². The minimum absolute atomic E-state index is 0.842. The lowest BCUT2D eigenvalue weighted by Gasteiger charge is -2.28. The van der Waals surface area contributed by atoms with Gasteiger partial charge < -0.3 is 10.2 Å². The van der Waals surface area contributed by atoms with E-state index < -0.39 is 0 Å². The predicted octanol–water partition coefficient (Wildman–Crippen LogP) is 5.52. The molecular formula is C23H24N2S. The van der Waals surface area contributed by atoms with E-state index >= 15 is 0 Å². The highest BCUT2D eigenvalue weighted by Crippen LogP contribution is 2.22. The Balaban J connectivity index is 1.35. The van der Waals surface area contributed by atoms with Crippen LogP contribution in [0.15, 0.2) is 78.9 Å². The third-order valence-electron chi connectivity index (χ3n) is 4.80. The average molecular weight is 361 g/mol. The van der Waals surface area contributed by atoms with E-state index in [1.54, 1.807) is 0 Å². The predicted molar refractivity (Wildman–Crippen MR) is 115 cm³/mol. The maximum Gasteiger partial charge on any atom is 0.0400 e. The zero-order valence-electron chi connectivity index (χ0n) is 14.9. The molecule has 0 bridgehead atoms. The fraction of sp³-hybridized carbons (Fsp3) is 0.217. The summed E-state index contributed by atoms with van der Waals surface area (Å²) < 4.78 is 0. The molecular weight excluding hydrogens is 336 g/mol. The first-order valence-corrected chi connectivity index (χ1v) is 10.3. The molecule has 0 radical (unpaired) electrons. The lowest BCUT2D eigenvalue weighted by molar-refractivity contribution is 0.859. The van der Waals surface area contributed by atoms with Crippen molar-refractivity contribution in [1.29, 1.82) is 0 Å². The monoisotopic (exact) mass is 360 g/mol. The molecule has 0 spiro atoms. The van der Waals surface area contributed by atoms with Crippen molar-refractivity contribution < 1.29 is 0 Å². The minimum atomic E-state index is 0.842. The van der Waals surface area contributed by atoms with Crippen LogP contribution in [0.2, 0.25) is 0 Å². The fourth-order valence-corrected chi connectivity index (χ4v) is 4.16. The molecule has 1 aliphatic heterocycles. The van der Waals surface area contributed by atoms with Crippen LogP contribution in [0.3, 0.4) is 0 Å². The minimum Gasteiger partial charge on any atom is -0.381 e. The maximum atomic E-state index is 3.53. The van der Waals surface area contributed by atoms with Crippen molar-refractivity contribution in [3.8, 4) is 11.1 Å². The van der Waals surface area contributed by atoms with Crippen LogP contribution < -0.4 is 10.2 Å². The number of nitrogens with one attached hydrogen (secondary N) is 1. The van der Waals surface area contributed by atoms with E-state index in [0.717, 1.165) is 19.6 Å². The Hall–Kier alpha value is -2.39. The third kappa shape index (κ3) is 4.23. The second kappa shape index (κ2) is 8.33. The van der Waals surface area contributed by atoms with Crippen LogP contribution in [0.25, 0.3) is 11.1 Å². The van der Waals surface area contributed by atoms with Gasteiger partial charge >= 0.3 is 0 Å². The van der Waals surface area contributed by atoms with Gasteiger partial charge in [-0.1, -0.05) is 54.6 Å². The Bertz CT molecular complexity index is 807. The molecule has 1 saturated heterocycles. The smallest absolute Gasteiger partial charge is 0.0400 e. The molecule has 132 valence electrons. The van der Waals surface area contributed by atoms with Gasteiger partial charge in [0.2, 0.25) is 0 Å². The van der Waals surface area contributed by atoms with Gasteiger partial charge in [0.15, 0.2) is 0 Å². The number of nitrogens with zero attached hydrogens (tertiary/aromatic N) is 1. The van der Waals surface area contributed by atoms with E-state index in [-0.39, 0.29) is 0 Å². The summed E-state index contributed by atoms with van der Waals surface area (Å²) in [5.74, 6) is 2.47. The number of hydrogen-bond acceptors (Lipinski definition) is 3. The van der Waals surface area contributed by atoms with Crippen molar-refractivity contribution in [3.05, 3.63) is 84.4 Å². The normalized spacial score (nSPS) is 14.2. The highest BCUT2D eigenvalue weighted by molar-refractivity contribution is 7.99. The van der Waals surface area contributed by atoms with Crippen molar-refractivity contribution in [1.82, 2.24) is 0 Å². The van der Waals surface area contributed by atoms with E-state index in [1.807, 2.05) is 11.8 Å². The molecule has 2 nitrogen and oxygen atoms in total. The first kappa shape index (κ1) is 17.0. The Kier molecular flexibility index (Phi) is 5.46. The van der Waals surface area contributed by atoms with E-state index in [0.29, 0.717) is 0 Å². The highest BCUT2D eigenvalue weighted by Gasteiger charge is 2.10. The molecule has 3 aromatic rings. The van der Waals surface area contributed by atoms with Gasteiger partial charge in [0, 0.05) is 42.5 Å². The molecule has 0 aliphatic carbocycles. The third-order valence-corrected chi connectivity index (χ3v) is 5.74. The van der Waals surface area contributed by atoms with Crippen molar-refractivity contribution in [2.45, 2.75) is 6.54 Å². The van der Waals surface area contributed by atoms with Gasteiger partial charge in [-0.25, -0.2) is 0 Å². The van der Waals surface area contributed by atoms with Crippen LogP contribution in [0.5, 0.6) is 0 Å². The second-order valence-electron chi connectivity index (χ2n) is 6.56. The fourth-order valence-electron chi connectivity index (χ4n) is 3.26. The molecule has 1 heterocycles. The molecule has 0 saturated carbocycles. The van der Waals surface area contributed by atoms with Crippen molar-refractivity contribution >= 4 is 23.1 Å². The van der Waals surface area contributed by atoms with Gasteiger partial charge in [-0.3, -0.25) is 0 Å². The molecule has 0 aromatic heterocycles. The van der Waals surface area contributed by atoms with Crippen molar-refractivity contribution in [3.63, 3.8) is 0 Å². The topological polar surface area (TPSA) is 15.3 Å². The number of thioether (sulfide) groups is 1. The van der Waals surface area contributed by atoms with Crippen LogP contribution in [0, 0.1) is 0 Å². The van der Waals surface area contributed by atoms with E-state index in [2.05, 4.69) is 89.1 Å². The number of anilines is 2. The number of benzene rings is 3. The summed E-state index contributed by atoms with van der Waals surface area (Å²) >= 11 is 2.05. The zero-order valence-corrected chi connectivity index (χ0v) is 15.7. The molecule has 3 aromatic carbocycles. The highest BCUT2D eigenvalue weighted by atomic mass is 32.2. The van der Waals surface area contributed by atoms with Crippen LogP contribution in [0.1, 0.15) is 5.56 Å². The standard InChI is InChI=1S/C23H24N2S/c1-2-4-20(5-3-1)21-8-6-19(7-9-21)18-24-22-10-12-23(13-11-22)25-14-16-26-17-15-25/h1-13,24H,14-18H2. The van der Waals surface area contributed by atoms with E-state index in [4.69, 9.17) is 0 Å². The molecule has 1 N–H and O–H groups in total. The van der Waals surface area contributed by atoms with Crippen molar-refractivity contribution in [2.24, 2.45) is 0 Å². The second-order valence-corrected chi connectivity index (χ2v) is 7.79. The van der Waals surface area contributed by atoms with Gasteiger partial charge in [-0.05, 0) is 41.0 Å². The first-order chi connectivity index (χ1) is 12.9.